The van der Waals surface area contributed by atoms with Gasteiger partial charge in [-0.15, -0.1) is 22.6 Å². The van der Waals surface area contributed by atoms with E-state index in [1.807, 2.05) is 29.2 Å². The molecular weight excluding hydrogens is 466 g/mol. The van der Waals surface area contributed by atoms with Gasteiger partial charge in [-0.25, -0.2) is 14.8 Å². The molecule has 10 heteroatoms. The summed E-state index contributed by atoms with van der Waals surface area (Å²) < 4.78 is 0. The lowest BCUT2D eigenvalue weighted by molar-refractivity contribution is 0.0696. The highest BCUT2D eigenvalue weighted by molar-refractivity contribution is 5.93. The molecule has 0 atom stereocenters. The van der Waals surface area contributed by atoms with Crippen molar-refractivity contribution in [2.24, 2.45) is 5.92 Å². The molecule has 0 radical (unpaired) electrons. The quantitative estimate of drug-likeness (QED) is 0.341. The highest BCUT2D eigenvalue weighted by Gasteiger charge is 2.20. The second kappa shape index (κ2) is 11.5. The Morgan fingerprint density at radius 3 is 2.43 bits per heavy atom. The lowest BCUT2D eigenvalue weighted by Crippen LogP contribution is -2.28. The van der Waals surface area contributed by atoms with Crippen molar-refractivity contribution < 1.29 is 9.90 Å². The van der Waals surface area contributed by atoms with E-state index in [2.05, 4.69) is 68.7 Å². The number of rotatable bonds is 9. The Morgan fingerprint density at radius 1 is 1.09 bits per heavy atom. The van der Waals surface area contributed by atoms with Crippen molar-refractivity contribution in [3.8, 4) is 22.5 Å². The van der Waals surface area contributed by atoms with Crippen LogP contribution in [0.25, 0.3) is 22.5 Å². The molecule has 2 aromatic carbocycles. The van der Waals surface area contributed by atoms with Crippen molar-refractivity contribution >= 4 is 24.2 Å². The maximum Gasteiger partial charge on any atom is 0.341 e. The van der Waals surface area contributed by atoms with E-state index in [1.54, 1.807) is 6.92 Å². The Labute approximate surface area is 210 Å². The van der Waals surface area contributed by atoms with E-state index in [0.717, 1.165) is 28.7 Å². The largest absolute Gasteiger partial charge is 0.477 e. The number of carboxylic acids is 1. The van der Waals surface area contributed by atoms with Gasteiger partial charge in [-0.1, -0.05) is 62.4 Å². The normalized spacial score (nSPS) is 10.7. The van der Waals surface area contributed by atoms with Crippen LogP contribution < -0.4 is 4.90 Å². The Morgan fingerprint density at radius 2 is 1.80 bits per heavy atom. The zero-order valence-electron chi connectivity index (χ0n) is 19.8. The van der Waals surface area contributed by atoms with Gasteiger partial charge >= 0.3 is 5.97 Å². The zero-order chi connectivity index (χ0) is 24.1. The van der Waals surface area contributed by atoms with Crippen LogP contribution in [0.4, 0.5) is 5.82 Å². The number of aromatic nitrogens is 6. The SMILES string of the molecule is Cc1ncc(C(=O)O)c(N(CCC(C)C)Cc2ccc(-c3ccccc3-c3nn[nH]n3)cc2)n1.Cl. The molecule has 0 aliphatic rings. The number of aromatic carboxylic acids is 1. The minimum absolute atomic E-state index is 0. The van der Waals surface area contributed by atoms with Crippen LogP contribution in [0.5, 0.6) is 0 Å². The summed E-state index contributed by atoms with van der Waals surface area (Å²) in [6.07, 6.45) is 2.30. The smallest absolute Gasteiger partial charge is 0.341 e. The zero-order valence-corrected chi connectivity index (χ0v) is 20.7. The van der Waals surface area contributed by atoms with E-state index in [4.69, 9.17) is 0 Å². The molecule has 4 rings (SSSR count). The maximum absolute atomic E-state index is 11.8. The lowest BCUT2D eigenvalue weighted by Gasteiger charge is -2.26. The van der Waals surface area contributed by atoms with Crippen molar-refractivity contribution in [2.75, 3.05) is 11.4 Å². The summed E-state index contributed by atoms with van der Waals surface area (Å²) in [4.78, 5) is 22.4. The Kier molecular flexibility index (Phi) is 8.48. The van der Waals surface area contributed by atoms with Crippen LogP contribution in [-0.2, 0) is 6.54 Å². The van der Waals surface area contributed by atoms with E-state index in [-0.39, 0.29) is 18.0 Å². The first-order chi connectivity index (χ1) is 16.4. The van der Waals surface area contributed by atoms with Crippen LogP contribution in [-0.4, -0.2) is 48.2 Å². The fourth-order valence-corrected chi connectivity index (χ4v) is 3.74. The average Bonchev–Trinajstić information content (AvgIpc) is 3.37. The van der Waals surface area contributed by atoms with Crippen LogP contribution in [0, 0.1) is 12.8 Å². The summed E-state index contributed by atoms with van der Waals surface area (Å²) in [6, 6.07) is 16.1. The molecule has 2 N–H and O–H groups in total. The van der Waals surface area contributed by atoms with Crippen molar-refractivity contribution in [3.05, 3.63) is 71.7 Å². The molecule has 0 aliphatic heterocycles. The van der Waals surface area contributed by atoms with Gasteiger partial charge in [-0.05, 0) is 41.2 Å². The predicted octanol–water partition coefficient (Wildman–Crippen LogP) is 4.80. The third-order valence-electron chi connectivity index (χ3n) is 5.55. The fourth-order valence-electron chi connectivity index (χ4n) is 3.74. The van der Waals surface area contributed by atoms with Gasteiger partial charge in [0.15, 0.2) is 0 Å². The van der Waals surface area contributed by atoms with Crippen molar-refractivity contribution in [1.29, 1.82) is 0 Å². The third kappa shape index (κ3) is 6.19. The Balaban J connectivity index is 0.00000342. The van der Waals surface area contributed by atoms with Gasteiger partial charge in [0.1, 0.15) is 17.2 Å². The summed E-state index contributed by atoms with van der Waals surface area (Å²) in [6.45, 7) is 7.30. The number of anilines is 1. The number of carboxylic acid groups (broad SMARTS) is 1. The minimum atomic E-state index is -1.03. The molecule has 0 amide bonds. The Bertz CT molecular complexity index is 1260. The molecule has 0 saturated heterocycles. The first kappa shape index (κ1) is 25.8. The second-order valence-electron chi connectivity index (χ2n) is 8.54. The summed E-state index contributed by atoms with van der Waals surface area (Å²) >= 11 is 0. The van der Waals surface area contributed by atoms with E-state index in [9.17, 15) is 9.90 Å². The van der Waals surface area contributed by atoms with Crippen molar-refractivity contribution in [2.45, 2.75) is 33.7 Å². The average molecular weight is 494 g/mol. The van der Waals surface area contributed by atoms with Gasteiger partial charge in [-0.3, -0.25) is 0 Å². The molecule has 0 aliphatic carbocycles. The molecule has 4 aromatic rings. The molecule has 0 fully saturated rings. The molecule has 9 nitrogen and oxygen atoms in total. The number of halogens is 1. The molecule has 0 bridgehead atoms. The Hall–Kier alpha value is -3.85. The maximum atomic E-state index is 11.8. The van der Waals surface area contributed by atoms with Gasteiger partial charge in [0.2, 0.25) is 5.82 Å². The number of H-pyrrole nitrogens is 1. The molecule has 2 heterocycles. The van der Waals surface area contributed by atoms with Gasteiger partial charge in [-0.2, -0.15) is 5.21 Å². The molecule has 2 aromatic heterocycles. The van der Waals surface area contributed by atoms with Crippen LogP contribution >= 0.6 is 12.4 Å². The number of aryl methyl sites for hydroxylation is 1. The lowest BCUT2D eigenvalue weighted by atomic mass is 9.98. The molecule has 0 spiro atoms. The molecular formula is C25H28ClN7O2. The number of tetrazole rings is 1. The number of aromatic amines is 1. The monoisotopic (exact) mass is 493 g/mol. The third-order valence-corrected chi connectivity index (χ3v) is 5.55. The first-order valence-corrected chi connectivity index (χ1v) is 11.2. The number of nitrogens with zero attached hydrogens (tertiary/aromatic N) is 6. The number of hydrogen-bond acceptors (Lipinski definition) is 7. The van der Waals surface area contributed by atoms with Gasteiger partial charge in [0, 0.05) is 24.8 Å². The van der Waals surface area contributed by atoms with Gasteiger partial charge < -0.3 is 10.0 Å². The molecule has 0 saturated carbocycles. The summed E-state index contributed by atoms with van der Waals surface area (Å²) in [5.41, 5.74) is 4.09. The minimum Gasteiger partial charge on any atom is -0.477 e. The first-order valence-electron chi connectivity index (χ1n) is 11.2. The van der Waals surface area contributed by atoms with Crippen LogP contribution in [0.15, 0.2) is 54.7 Å². The van der Waals surface area contributed by atoms with E-state index in [0.29, 0.717) is 36.5 Å². The molecule has 182 valence electrons. The molecule has 0 unspecified atom stereocenters. The topological polar surface area (TPSA) is 121 Å². The van der Waals surface area contributed by atoms with Crippen LogP contribution in [0.2, 0.25) is 0 Å². The predicted molar refractivity (Wildman–Crippen MR) is 137 cm³/mol. The number of hydrogen-bond donors (Lipinski definition) is 2. The van der Waals surface area contributed by atoms with Crippen LogP contribution in [0.3, 0.4) is 0 Å². The summed E-state index contributed by atoms with van der Waals surface area (Å²) in [5, 5.41) is 24.1. The van der Waals surface area contributed by atoms with Crippen molar-refractivity contribution in [1.82, 2.24) is 30.6 Å². The van der Waals surface area contributed by atoms with Crippen molar-refractivity contribution in [3.63, 3.8) is 0 Å². The number of carbonyl (C=O) groups is 1. The van der Waals surface area contributed by atoms with Gasteiger partial charge in [0.05, 0.1) is 0 Å². The standard InChI is InChI=1S/C25H27N7O2.ClH/c1-16(2)12-13-32(24-22(25(33)34)14-26-17(3)27-24)15-18-8-10-19(11-9-18)20-6-4-5-7-21(20)23-28-30-31-29-23;/h4-11,14,16H,12-13,15H2,1-3H3,(H,33,34)(H,28,29,30,31);1H. The van der Waals surface area contributed by atoms with E-state index >= 15 is 0 Å². The number of benzene rings is 2. The van der Waals surface area contributed by atoms with E-state index < -0.39 is 5.97 Å². The highest BCUT2D eigenvalue weighted by atomic mass is 35.5. The molecule has 35 heavy (non-hydrogen) atoms. The second-order valence-corrected chi connectivity index (χ2v) is 8.54. The van der Waals surface area contributed by atoms with Gasteiger partial charge in [0.25, 0.3) is 0 Å². The summed E-state index contributed by atoms with van der Waals surface area (Å²) in [5.74, 6) is 0.982. The van der Waals surface area contributed by atoms with E-state index in [1.165, 1.54) is 6.20 Å². The fraction of sp³-hybridized carbons (Fsp3) is 0.280. The van der Waals surface area contributed by atoms with Crippen LogP contribution in [0.1, 0.15) is 42.0 Å². The highest BCUT2D eigenvalue weighted by Crippen LogP contribution is 2.30. The number of nitrogens with one attached hydrogen (secondary N) is 1. The summed E-state index contributed by atoms with van der Waals surface area (Å²) in [7, 11) is 0.